The Kier molecular flexibility index (Phi) is 5.56. The second kappa shape index (κ2) is 8.05. The number of pyridine rings is 1. The van der Waals surface area contributed by atoms with Gasteiger partial charge in [0.05, 0.1) is 29.1 Å². The minimum absolute atomic E-state index is 0.102. The maximum atomic E-state index is 15.0. The number of nitrogens with one attached hydrogen (secondary N) is 1. The van der Waals surface area contributed by atoms with E-state index in [1.54, 1.807) is 12.3 Å². The van der Waals surface area contributed by atoms with Gasteiger partial charge < -0.3 is 24.5 Å². The maximum absolute atomic E-state index is 15.0. The smallest absolute Gasteiger partial charge is 0.399 e. The van der Waals surface area contributed by atoms with Gasteiger partial charge in [0.1, 0.15) is 5.82 Å². The van der Waals surface area contributed by atoms with Gasteiger partial charge in [0.2, 0.25) is 0 Å². The number of methoxy groups -OCH3 is 1. The lowest BCUT2D eigenvalue weighted by Gasteiger charge is -2.32. The van der Waals surface area contributed by atoms with E-state index in [0.717, 1.165) is 41.7 Å². The third kappa shape index (κ3) is 3.97. The lowest BCUT2D eigenvalue weighted by Crippen LogP contribution is -2.41. The molecular weight excluding hydrogens is 422 g/mol. The zero-order valence-corrected chi connectivity index (χ0v) is 19.9. The molecule has 8 heteroatoms. The van der Waals surface area contributed by atoms with Crippen LogP contribution in [0.5, 0.6) is 0 Å². The van der Waals surface area contributed by atoms with Crippen molar-refractivity contribution in [3.8, 4) is 0 Å². The number of benzene rings is 1. The molecule has 1 saturated heterocycles. The fourth-order valence-electron chi connectivity index (χ4n) is 5.03. The number of aromatic nitrogens is 1. The van der Waals surface area contributed by atoms with E-state index in [2.05, 4.69) is 10.3 Å². The molecule has 3 aliphatic rings. The van der Waals surface area contributed by atoms with Crippen LogP contribution < -0.4 is 10.8 Å². The van der Waals surface area contributed by atoms with Crippen molar-refractivity contribution in [2.75, 3.05) is 12.4 Å². The van der Waals surface area contributed by atoms with Crippen molar-refractivity contribution in [2.45, 2.75) is 76.4 Å². The Morgan fingerprint density at radius 2 is 1.91 bits per heavy atom. The van der Waals surface area contributed by atoms with Gasteiger partial charge in [0.15, 0.2) is 6.29 Å². The highest BCUT2D eigenvalue weighted by atomic mass is 19.1. The molecule has 2 N–H and O–H groups in total. The number of fused-ring (bicyclic) bond motifs is 1. The van der Waals surface area contributed by atoms with E-state index < -0.39 is 24.6 Å². The Hall–Kier alpha value is -2.00. The molecule has 1 unspecified atom stereocenters. The minimum atomic E-state index is -0.745. The summed E-state index contributed by atoms with van der Waals surface area (Å²) < 4.78 is 32.5. The quantitative estimate of drug-likeness (QED) is 0.513. The lowest BCUT2D eigenvalue weighted by atomic mass is 9.75. The molecular formula is C25H32BFN2O4. The Labute approximate surface area is 195 Å². The molecule has 2 heterocycles. The van der Waals surface area contributed by atoms with Crippen LogP contribution in [-0.2, 0) is 20.5 Å². The first kappa shape index (κ1) is 22.8. The van der Waals surface area contributed by atoms with Crippen LogP contribution in [0.3, 0.4) is 0 Å². The third-order valence-corrected chi connectivity index (χ3v) is 7.83. The largest absolute Gasteiger partial charge is 0.495 e. The molecule has 1 aliphatic heterocycles. The number of ether oxygens (including phenoxy) is 1. The summed E-state index contributed by atoms with van der Waals surface area (Å²) in [5.41, 5.74) is 3.50. The summed E-state index contributed by atoms with van der Waals surface area (Å²) in [4.78, 5) is 4.58. The van der Waals surface area contributed by atoms with Gasteiger partial charge in [-0.25, -0.2) is 4.39 Å². The van der Waals surface area contributed by atoms with Crippen molar-refractivity contribution in [3.05, 3.63) is 53.1 Å². The molecule has 2 aromatic rings. The molecule has 2 fully saturated rings. The first-order valence-corrected chi connectivity index (χ1v) is 11.7. The van der Waals surface area contributed by atoms with Gasteiger partial charge in [-0.1, -0.05) is 6.07 Å². The maximum Gasteiger partial charge on any atom is 0.495 e. The highest BCUT2D eigenvalue weighted by Crippen LogP contribution is 2.49. The van der Waals surface area contributed by atoms with Gasteiger partial charge in [-0.2, -0.15) is 0 Å². The molecule has 5 rings (SSSR count). The lowest BCUT2D eigenvalue weighted by molar-refractivity contribution is -0.0896. The average molecular weight is 454 g/mol. The summed E-state index contributed by atoms with van der Waals surface area (Å²) in [6.45, 7) is 8.10. The van der Waals surface area contributed by atoms with Crippen LogP contribution in [0.2, 0.25) is 0 Å². The van der Waals surface area contributed by atoms with Gasteiger partial charge in [-0.3, -0.25) is 4.98 Å². The van der Waals surface area contributed by atoms with Crippen LogP contribution in [0.25, 0.3) is 0 Å². The van der Waals surface area contributed by atoms with Crippen LogP contribution in [0, 0.1) is 11.7 Å². The molecule has 4 atom stereocenters. The van der Waals surface area contributed by atoms with Crippen LogP contribution in [0.4, 0.5) is 10.1 Å². The molecule has 0 bridgehead atoms. The first-order valence-electron chi connectivity index (χ1n) is 11.7. The number of aliphatic hydroxyl groups is 1. The second-order valence-corrected chi connectivity index (χ2v) is 10.5. The molecule has 176 valence electrons. The van der Waals surface area contributed by atoms with Crippen molar-refractivity contribution in [2.24, 2.45) is 5.92 Å². The number of hydrogen-bond donors (Lipinski definition) is 2. The van der Waals surface area contributed by atoms with Crippen LogP contribution in [0.1, 0.15) is 69.3 Å². The van der Waals surface area contributed by atoms with E-state index in [4.69, 9.17) is 14.0 Å². The Bertz CT molecular complexity index is 1030. The summed E-state index contributed by atoms with van der Waals surface area (Å²) in [6, 6.07) is 7.14. The van der Waals surface area contributed by atoms with Gasteiger partial charge in [0.25, 0.3) is 0 Å². The molecule has 1 aromatic carbocycles. The number of nitrogens with zero attached hydrogens (tertiary/aromatic N) is 1. The second-order valence-electron chi connectivity index (χ2n) is 10.5. The fraction of sp³-hybridized carbons (Fsp3) is 0.560. The van der Waals surface area contributed by atoms with Gasteiger partial charge in [0, 0.05) is 30.2 Å². The van der Waals surface area contributed by atoms with Crippen molar-refractivity contribution in [1.29, 1.82) is 0 Å². The van der Waals surface area contributed by atoms with E-state index in [-0.39, 0.29) is 23.7 Å². The summed E-state index contributed by atoms with van der Waals surface area (Å²) in [6.07, 6.45) is 3.46. The molecule has 2 aliphatic carbocycles. The molecule has 33 heavy (non-hydrogen) atoms. The van der Waals surface area contributed by atoms with E-state index in [0.29, 0.717) is 5.56 Å². The SMILES string of the molecule is COC(O)[C@H]1C[C@@H]1c1ccc(N[C@@H]2CCc3c(B4OC(C)(C)C(C)(C)O4)ccc(F)c32)cn1. The van der Waals surface area contributed by atoms with Crippen molar-refractivity contribution in [1.82, 2.24) is 4.98 Å². The monoisotopic (exact) mass is 454 g/mol. The predicted molar refractivity (Wildman–Crippen MR) is 125 cm³/mol. The highest BCUT2D eigenvalue weighted by Gasteiger charge is 2.52. The molecule has 0 amide bonds. The molecule has 1 aromatic heterocycles. The summed E-state index contributed by atoms with van der Waals surface area (Å²) in [5.74, 6) is 0.117. The zero-order chi connectivity index (χ0) is 23.5. The molecule has 0 spiro atoms. The van der Waals surface area contributed by atoms with E-state index >= 15 is 0 Å². The van der Waals surface area contributed by atoms with Crippen LogP contribution in [0.15, 0.2) is 30.5 Å². The first-order chi connectivity index (χ1) is 15.6. The fourth-order valence-corrected chi connectivity index (χ4v) is 5.03. The van der Waals surface area contributed by atoms with Crippen molar-refractivity contribution in [3.63, 3.8) is 0 Å². The standard InChI is InChI=1S/C25H32BFN2O4/c1-24(2)25(3,4)33-26(32-24)18-8-9-19(27)22-15(18)7-11-21(22)29-14-6-10-20(28-13-14)16-12-17(16)23(30)31-5/h6,8-10,13,16-17,21,23,29-30H,7,11-12H2,1-5H3/t16-,17-,21+,23?/m0/s1. The predicted octanol–water partition coefficient (Wildman–Crippen LogP) is 3.69. The topological polar surface area (TPSA) is 72.8 Å². The number of anilines is 1. The van der Waals surface area contributed by atoms with E-state index in [9.17, 15) is 9.50 Å². The van der Waals surface area contributed by atoms with Crippen LogP contribution >= 0.6 is 0 Å². The van der Waals surface area contributed by atoms with Crippen molar-refractivity contribution < 1.29 is 23.5 Å². The van der Waals surface area contributed by atoms with Gasteiger partial charge in [-0.05, 0) is 76.2 Å². The minimum Gasteiger partial charge on any atom is -0.399 e. The summed E-state index contributed by atoms with van der Waals surface area (Å²) in [5, 5.41) is 13.3. The Balaban J connectivity index is 1.33. The molecule has 1 saturated carbocycles. The van der Waals surface area contributed by atoms with Crippen LogP contribution in [-0.4, -0.2) is 41.8 Å². The number of rotatable bonds is 6. The number of aliphatic hydroxyl groups excluding tert-OH is 1. The van der Waals surface area contributed by atoms with Gasteiger partial charge in [-0.15, -0.1) is 0 Å². The zero-order valence-electron chi connectivity index (χ0n) is 19.9. The number of halogens is 1. The highest BCUT2D eigenvalue weighted by molar-refractivity contribution is 6.62. The Morgan fingerprint density at radius 3 is 2.55 bits per heavy atom. The third-order valence-electron chi connectivity index (χ3n) is 7.83. The van der Waals surface area contributed by atoms with E-state index in [1.165, 1.54) is 13.2 Å². The normalized spacial score (nSPS) is 28.0. The average Bonchev–Trinajstić information content (AvgIpc) is 3.40. The summed E-state index contributed by atoms with van der Waals surface area (Å²) in [7, 11) is 1.01. The Morgan fingerprint density at radius 1 is 1.18 bits per heavy atom. The molecule has 6 nitrogen and oxygen atoms in total. The van der Waals surface area contributed by atoms with E-state index in [1.807, 2.05) is 39.8 Å². The number of hydrogen-bond acceptors (Lipinski definition) is 6. The molecule has 0 radical (unpaired) electrons. The van der Waals surface area contributed by atoms with Crippen molar-refractivity contribution >= 4 is 18.3 Å². The summed E-state index contributed by atoms with van der Waals surface area (Å²) >= 11 is 0. The van der Waals surface area contributed by atoms with Gasteiger partial charge >= 0.3 is 7.12 Å².